The molecule has 9 heteroatoms. The van der Waals surface area contributed by atoms with E-state index in [1.807, 2.05) is 26.8 Å². The maximum absolute atomic E-state index is 14.3. The maximum atomic E-state index is 14.3. The number of nitrogens with one attached hydrogen (secondary N) is 2. The van der Waals surface area contributed by atoms with Gasteiger partial charge in [0.2, 0.25) is 11.9 Å². The fourth-order valence-electron chi connectivity index (χ4n) is 3.92. The molecule has 1 aromatic carbocycles. The van der Waals surface area contributed by atoms with E-state index in [1.165, 1.54) is 17.2 Å². The highest BCUT2D eigenvalue weighted by Crippen LogP contribution is 2.26. The molecule has 1 aromatic heterocycles. The molecular formula is C28H39FN6O2. The number of fused-ring (bicyclic) bond motifs is 1. The van der Waals surface area contributed by atoms with Gasteiger partial charge >= 0.3 is 0 Å². The number of piperidine rings is 1. The largest absolute Gasteiger partial charge is 0.363 e. The van der Waals surface area contributed by atoms with E-state index < -0.39 is 5.82 Å². The van der Waals surface area contributed by atoms with E-state index in [0.29, 0.717) is 19.0 Å². The zero-order chi connectivity index (χ0) is 27.6. The van der Waals surface area contributed by atoms with Gasteiger partial charge < -0.3 is 20.3 Å². The Morgan fingerprint density at radius 2 is 1.89 bits per heavy atom. The SMILES string of the molecule is C=C.C=CC(=O)N1CCCC(Nc2nc(Nc3ccc4c(c3)CN(C)C4)ncc2F)C1.CC(C)(C)C=O. The third kappa shape index (κ3) is 9.09. The molecule has 0 saturated carbocycles. The molecule has 0 aliphatic carbocycles. The number of anilines is 3. The summed E-state index contributed by atoms with van der Waals surface area (Å²) in [5.41, 5.74) is 3.32. The topological polar surface area (TPSA) is 90.5 Å². The first-order valence-electron chi connectivity index (χ1n) is 12.3. The van der Waals surface area contributed by atoms with Gasteiger partial charge in [-0.2, -0.15) is 4.98 Å². The number of rotatable bonds is 5. The second kappa shape index (κ2) is 13.6. The minimum Gasteiger partial charge on any atom is -0.363 e. The lowest BCUT2D eigenvalue weighted by atomic mass is 10.0. The van der Waals surface area contributed by atoms with E-state index in [0.717, 1.165) is 44.1 Å². The van der Waals surface area contributed by atoms with E-state index >= 15 is 0 Å². The molecule has 2 aliphatic rings. The molecule has 3 heterocycles. The number of carbonyl (C=O) groups excluding carboxylic acids is 2. The van der Waals surface area contributed by atoms with Crippen LogP contribution in [0.15, 0.2) is 50.2 Å². The van der Waals surface area contributed by atoms with Crippen LogP contribution in [0.3, 0.4) is 0 Å². The summed E-state index contributed by atoms with van der Waals surface area (Å²) in [5.74, 6) is -0.154. The lowest BCUT2D eigenvalue weighted by Crippen LogP contribution is -2.44. The molecule has 1 saturated heterocycles. The highest BCUT2D eigenvalue weighted by molar-refractivity contribution is 5.87. The van der Waals surface area contributed by atoms with Crippen LogP contribution in [-0.2, 0) is 22.7 Å². The van der Waals surface area contributed by atoms with Gasteiger partial charge in [-0.25, -0.2) is 9.37 Å². The molecule has 4 rings (SSSR count). The van der Waals surface area contributed by atoms with Crippen molar-refractivity contribution in [3.63, 3.8) is 0 Å². The summed E-state index contributed by atoms with van der Waals surface area (Å²) in [6.45, 7) is 18.2. The summed E-state index contributed by atoms with van der Waals surface area (Å²) in [7, 11) is 2.09. The minimum absolute atomic E-state index is 0.0690. The van der Waals surface area contributed by atoms with E-state index in [4.69, 9.17) is 0 Å². The number of amides is 1. The van der Waals surface area contributed by atoms with Gasteiger partial charge in [0.1, 0.15) is 6.29 Å². The predicted octanol–water partition coefficient (Wildman–Crippen LogP) is 4.93. The highest BCUT2D eigenvalue weighted by Gasteiger charge is 2.23. The number of benzene rings is 1. The van der Waals surface area contributed by atoms with Crippen LogP contribution in [0.5, 0.6) is 0 Å². The maximum Gasteiger partial charge on any atom is 0.246 e. The van der Waals surface area contributed by atoms with Crippen molar-refractivity contribution in [1.82, 2.24) is 19.8 Å². The van der Waals surface area contributed by atoms with Crippen LogP contribution < -0.4 is 10.6 Å². The van der Waals surface area contributed by atoms with Crippen molar-refractivity contribution in [2.75, 3.05) is 30.8 Å². The Kier molecular flexibility index (Phi) is 10.9. The van der Waals surface area contributed by atoms with Gasteiger partial charge in [0.05, 0.1) is 6.20 Å². The summed E-state index contributed by atoms with van der Waals surface area (Å²) in [5, 5.41) is 6.30. The number of hydrogen-bond donors (Lipinski definition) is 2. The summed E-state index contributed by atoms with van der Waals surface area (Å²) in [4.78, 5) is 34.0. The third-order valence-corrected chi connectivity index (χ3v) is 5.69. The Labute approximate surface area is 219 Å². The summed E-state index contributed by atoms with van der Waals surface area (Å²) in [6.07, 6.45) is 5.09. The molecule has 200 valence electrons. The molecule has 2 aliphatic heterocycles. The second-order valence-corrected chi connectivity index (χ2v) is 10.1. The Balaban J connectivity index is 0.000000531. The molecule has 2 N–H and O–H groups in total. The number of nitrogens with zero attached hydrogens (tertiary/aromatic N) is 4. The standard InChI is InChI=1S/C21H25FN6O.C5H10O.C2H4/c1-3-19(29)28-8-4-5-17(13-28)24-20-18(22)10-23-21(26-20)25-16-7-6-14-11-27(2)12-15(14)9-16;1-5(2,3)4-6;1-2/h3,6-7,9-10,17H,1,4-5,8,11-13H2,2H3,(H2,23,24,25,26);4H,1-3H3;1-2H2. The van der Waals surface area contributed by atoms with E-state index in [9.17, 15) is 14.0 Å². The average Bonchev–Trinajstić information content (AvgIpc) is 3.26. The van der Waals surface area contributed by atoms with Gasteiger partial charge in [0.25, 0.3) is 0 Å². The quantitative estimate of drug-likeness (QED) is 0.335. The molecule has 1 atom stereocenters. The molecule has 0 radical (unpaired) electrons. The van der Waals surface area contributed by atoms with E-state index in [2.05, 4.69) is 64.4 Å². The van der Waals surface area contributed by atoms with Gasteiger partial charge in [-0.3, -0.25) is 9.69 Å². The van der Waals surface area contributed by atoms with Crippen LogP contribution in [0, 0.1) is 11.2 Å². The number of hydrogen-bond acceptors (Lipinski definition) is 7. The molecule has 2 aromatic rings. The van der Waals surface area contributed by atoms with Crippen molar-refractivity contribution in [1.29, 1.82) is 0 Å². The van der Waals surface area contributed by atoms with E-state index in [-0.39, 0.29) is 23.2 Å². The van der Waals surface area contributed by atoms with Gasteiger partial charge in [-0.15, -0.1) is 13.2 Å². The number of aromatic nitrogens is 2. The summed E-state index contributed by atoms with van der Waals surface area (Å²) >= 11 is 0. The Morgan fingerprint density at radius 3 is 2.54 bits per heavy atom. The number of halogens is 1. The van der Waals surface area contributed by atoms with Crippen molar-refractivity contribution in [3.05, 3.63) is 67.2 Å². The smallest absolute Gasteiger partial charge is 0.246 e. The zero-order valence-corrected chi connectivity index (χ0v) is 22.4. The number of aldehydes is 1. The van der Waals surface area contributed by atoms with Gasteiger partial charge in [0, 0.05) is 43.3 Å². The summed E-state index contributed by atoms with van der Waals surface area (Å²) in [6, 6.07) is 6.09. The molecule has 0 bridgehead atoms. The van der Waals surface area contributed by atoms with Crippen molar-refractivity contribution in [2.45, 2.75) is 52.7 Å². The molecule has 0 spiro atoms. The number of carbonyl (C=O) groups is 2. The van der Waals surface area contributed by atoms with Crippen molar-refractivity contribution in [2.24, 2.45) is 5.41 Å². The Hall–Kier alpha value is -3.59. The van der Waals surface area contributed by atoms with Gasteiger partial charge in [-0.05, 0) is 49.2 Å². The highest BCUT2D eigenvalue weighted by atomic mass is 19.1. The fraction of sp³-hybridized carbons (Fsp3) is 0.429. The van der Waals surface area contributed by atoms with Crippen LogP contribution in [0.4, 0.5) is 21.8 Å². The number of likely N-dealkylation sites (tertiary alicyclic amines) is 1. The first-order chi connectivity index (χ1) is 17.6. The molecular weight excluding hydrogens is 471 g/mol. The zero-order valence-electron chi connectivity index (χ0n) is 22.4. The first kappa shape index (κ1) is 29.6. The summed E-state index contributed by atoms with van der Waals surface area (Å²) < 4.78 is 14.3. The van der Waals surface area contributed by atoms with Crippen LogP contribution in [0.2, 0.25) is 0 Å². The van der Waals surface area contributed by atoms with Gasteiger partial charge in [0.15, 0.2) is 11.6 Å². The molecule has 1 fully saturated rings. The van der Waals surface area contributed by atoms with Crippen molar-refractivity contribution in [3.8, 4) is 0 Å². The van der Waals surface area contributed by atoms with E-state index in [1.54, 1.807) is 4.90 Å². The fourth-order valence-corrected chi connectivity index (χ4v) is 3.92. The van der Waals surface area contributed by atoms with Crippen LogP contribution in [-0.4, -0.2) is 58.1 Å². The van der Waals surface area contributed by atoms with Crippen molar-refractivity contribution < 1.29 is 14.0 Å². The lowest BCUT2D eigenvalue weighted by molar-refractivity contribution is -0.127. The first-order valence-corrected chi connectivity index (χ1v) is 12.3. The monoisotopic (exact) mass is 510 g/mol. The third-order valence-electron chi connectivity index (χ3n) is 5.69. The van der Waals surface area contributed by atoms with Crippen LogP contribution >= 0.6 is 0 Å². The lowest BCUT2D eigenvalue weighted by Gasteiger charge is -2.32. The predicted molar refractivity (Wildman–Crippen MR) is 147 cm³/mol. The second-order valence-electron chi connectivity index (χ2n) is 10.1. The average molecular weight is 511 g/mol. The van der Waals surface area contributed by atoms with Gasteiger partial charge in [-0.1, -0.05) is 33.4 Å². The normalized spacial score (nSPS) is 16.8. The van der Waals surface area contributed by atoms with Crippen LogP contribution in [0.1, 0.15) is 44.7 Å². The molecule has 8 nitrogen and oxygen atoms in total. The molecule has 1 amide bonds. The Morgan fingerprint density at radius 1 is 1.22 bits per heavy atom. The van der Waals surface area contributed by atoms with Crippen LogP contribution in [0.25, 0.3) is 0 Å². The minimum atomic E-state index is -0.515. The molecule has 1 unspecified atom stereocenters. The van der Waals surface area contributed by atoms with Crippen molar-refractivity contribution >= 4 is 29.6 Å². The molecule has 37 heavy (non-hydrogen) atoms. The Bertz CT molecular complexity index is 1080.